The third-order valence-electron chi connectivity index (χ3n) is 6.39. The zero-order valence-corrected chi connectivity index (χ0v) is 18.5. The number of hydrogen-bond donors (Lipinski definition) is 3. The lowest BCUT2D eigenvalue weighted by atomic mass is 9.87. The minimum atomic E-state index is -1.11. The average molecular weight is 426 g/mol. The number of benzene rings is 1. The highest BCUT2D eigenvalue weighted by molar-refractivity contribution is 5.64. The van der Waals surface area contributed by atoms with Crippen molar-refractivity contribution in [3.05, 3.63) is 65.2 Å². The molecular formula is C25H32FN3O2. The molecule has 0 saturated heterocycles. The van der Waals surface area contributed by atoms with Crippen LogP contribution in [0.2, 0.25) is 0 Å². The molecule has 1 aliphatic carbocycles. The van der Waals surface area contributed by atoms with Crippen LogP contribution in [0.15, 0.2) is 42.6 Å². The fourth-order valence-corrected chi connectivity index (χ4v) is 4.21. The summed E-state index contributed by atoms with van der Waals surface area (Å²) in [5, 5.41) is 22.4. The summed E-state index contributed by atoms with van der Waals surface area (Å²) in [4.78, 5) is 6.65. The van der Waals surface area contributed by atoms with Crippen molar-refractivity contribution in [1.29, 1.82) is 0 Å². The Morgan fingerprint density at radius 1 is 1.23 bits per heavy atom. The fraction of sp³-hybridized carbons (Fsp3) is 0.480. The predicted octanol–water partition coefficient (Wildman–Crippen LogP) is 4.24. The van der Waals surface area contributed by atoms with Gasteiger partial charge in [-0.2, -0.15) is 0 Å². The Bertz CT molecular complexity index is 962. The first-order valence-corrected chi connectivity index (χ1v) is 11.0. The van der Waals surface area contributed by atoms with E-state index in [1.54, 1.807) is 0 Å². The fourth-order valence-electron chi connectivity index (χ4n) is 4.21. The molecule has 5 nitrogen and oxygen atoms in total. The van der Waals surface area contributed by atoms with Gasteiger partial charge in [0, 0.05) is 30.5 Å². The molecule has 0 radical (unpaired) electrons. The van der Waals surface area contributed by atoms with Crippen LogP contribution in [0, 0.1) is 5.82 Å². The van der Waals surface area contributed by atoms with Crippen LogP contribution in [0.4, 0.5) is 10.1 Å². The maximum absolute atomic E-state index is 14.6. The molecule has 6 heteroatoms. The third kappa shape index (κ3) is 4.66. The third-order valence-corrected chi connectivity index (χ3v) is 6.39. The summed E-state index contributed by atoms with van der Waals surface area (Å²) in [6, 6.07) is 9.97. The normalized spacial score (nSPS) is 19.6. The molecule has 1 aliphatic heterocycles. The van der Waals surface area contributed by atoms with Gasteiger partial charge in [0.2, 0.25) is 0 Å². The van der Waals surface area contributed by atoms with Gasteiger partial charge in [0.15, 0.2) is 0 Å². The smallest absolute Gasteiger partial charge is 0.149 e. The van der Waals surface area contributed by atoms with Crippen molar-refractivity contribution in [2.75, 3.05) is 25.0 Å². The summed E-state index contributed by atoms with van der Waals surface area (Å²) in [7, 11) is 0. The SMILES string of the molecule is CC(C)(C)c1ccc(NC2(N3CC=C(c4ncc([C@H](O)CO)cc4F)CC3)CC2)cc1. The number of pyridine rings is 1. The second-order valence-corrected chi connectivity index (χ2v) is 9.71. The van der Waals surface area contributed by atoms with Crippen LogP contribution in [0.1, 0.15) is 63.0 Å². The van der Waals surface area contributed by atoms with E-state index in [-0.39, 0.29) is 11.1 Å². The summed E-state index contributed by atoms with van der Waals surface area (Å²) in [5.41, 5.74) is 4.09. The zero-order chi connectivity index (χ0) is 22.2. The van der Waals surface area contributed by atoms with Crippen molar-refractivity contribution in [1.82, 2.24) is 9.88 Å². The van der Waals surface area contributed by atoms with E-state index in [1.165, 1.54) is 17.8 Å². The molecule has 1 aromatic heterocycles. The molecule has 2 heterocycles. The van der Waals surface area contributed by atoms with Gasteiger partial charge < -0.3 is 15.5 Å². The monoisotopic (exact) mass is 425 g/mol. The molecule has 1 fully saturated rings. The number of aliphatic hydroxyl groups is 2. The van der Waals surface area contributed by atoms with Gasteiger partial charge in [-0.05, 0) is 54.0 Å². The second-order valence-electron chi connectivity index (χ2n) is 9.71. The number of nitrogens with one attached hydrogen (secondary N) is 1. The zero-order valence-electron chi connectivity index (χ0n) is 18.5. The van der Waals surface area contributed by atoms with E-state index in [4.69, 9.17) is 5.11 Å². The standard InChI is InChI=1S/C25H32FN3O2/c1-24(2,3)19-4-6-20(7-5-19)28-25(10-11-25)29-12-8-17(9-13-29)23-21(26)14-18(15-27-23)22(31)16-30/h4-8,14-15,22,28,30-31H,9-13,16H2,1-3H3/t22-/m1/s1. The lowest BCUT2D eigenvalue weighted by Crippen LogP contribution is -2.45. The number of rotatable bonds is 6. The molecule has 0 amide bonds. The van der Waals surface area contributed by atoms with Crippen LogP contribution >= 0.6 is 0 Å². The topological polar surface area (TPSA) is 68.6 Å². The van der Waals surface area contributed by atoms with Crippen molar-refractivity contribution < 1.29 is 14.6 Å². The molecule has 0 bridgehead atoms. The van der Waals surface area contributed by atoms with Crippen LogP contribution < -0.4 is 5.32 Å². The quantitative estimate of drug-likeness (QED) is 0.646. The Balaban J connectivity index is 1.43. The highest BCUT2D eigenvalue weighted by atomic mass is 19.1. The van der Waals surface area contributed by atoms with Crippen molar-refractivity contribution in [2.24, 2.45) is 0 Å². The molecule has 166 valence electrons. The van der Waals surface area contributed by atoms with E-state index in [0.717, 1.165) is 43.6 Å². The molecule has 0 unspecified atom stereocenters. The van der Waals surface area contributed by atoms with E-state index >= 15 is 0 Å². The van der Waals surface area contributed by atoms with Gasteiger partial charge in [-0.1, -0.05) is 39.0 Å². The van der Waals surface area contributed by atoms with Crippen molar-refractivity contribution in [3.8, 4) is 0 Å². The number of aliphatic hydroxyl groups excluding tert-OH is 2. The number of nitrogens with zero attached hydrogens (tertiary/aromatic N) is 2. The van der Waals surface area contributed by atoms with E-state index in [2.05, 4.69) is 66.3 Å². The van der Waals surface area contributed by atoms with Gasteiger partial charge in [-0.3, -0.25) is 9.88 Å². The minimum Gasteiger partial charge on any atom is -0.393 e. The molecule has 4 rings (SSSR count). The molecule has 1 aromatic carbocycles. The van der Waals surface area contributed by atoms with Gasteiger partial charge in [-0.15, -0.1) is 0 Å². The van der Waals surface area contributed by atoms with Gasteiger partial charge >= 0.3 is 0 Å². The first-order chi connectivity index (χ1) is 14.7. The van der Waals surface area contributed by atoms with E-state index < -0.39 is 18.5 Å². The van der Waals surface area contributed by atoms with Crippen molar-refractivity contribution in [3.63, 3.8) is 0 Å². The summed E-state index contributed by atoms with van der Waals surface area (Å²) in [6.45, 7) is 7.78. The Kier molecular flexibility index (Phi) is 5.90. The highest BCUT2D eigenvalue weighted by Gasteiger charge is 2.48. The number of aromatic nitrogens is 1. The summed E-state index contributed by atoms with van der Waals surface area (Å²) < 4.78 is 14.6. The molecule has 1 saturated carbocycles. The van der Waals surface area contributed by atoms with Gasteiger partial charge in [-0.25, -0.2) is 4.39 Å². The molecule has 0 spiro atoms. The minimum absolute atomic E-state index is 0.0215. The number of anilines is 1. The van der Waals surface area contributed by atoms with Gasteiger partial charge in [0.05, 0.1) is 12.3 Å². The number of halogens is 1. The first-order valence-electron chi connectivity index (χ1n) is 11.0. The maximum atomic E-state index is 14.6. The molecule has 2 aliphatic rings. The first kappa shape index (κ1) is 21.9. The highest BCUT2D eigenvalue weighted by Crippen LogP contribution is 2.44. The van der Waals surface area contributed by atoms with E-state index in [9.17, 15) is 9.50 Å². The maximum Gasteiger partial charge on any atom is 0.149 e. The molecule has 1 atom stereocenters. The van der Waals surface area contributed by atoms with Crippen LogP contribution in [0.3, 0.4) is 0 Å². The Morgan fingerprint density at radius 3 is 2.45 bits per heavy atom. The van der Waals surface area contributed by atoms with Gasteiger partial charge in [0.25, 0.3) is 0 Å². The van der Waals surface area contributed by atoms with Crippen LogP contribution in [0.25, 0.3) is 5.57 Å². The Hall–Kier alpha value is -2.28. The molecule has 2 aromatic rings. The summed E-state index contributed by atoms with van der Waals surface area (Å²) >= 11 is 0. The van der Waals surface area contributed by atoms with Crippen molar-refractivity contribution in [2.45, 2.75) is 57.2 Å². The molecule has 31 heavy (non-hydrogen) atoms. The largest absolute Gasteiger partial charge is 0.393 e. The summed E-state index contributed by atoms with van der Waals surface area (Å²) in [6.07, 6.45) is 5.30. The van der Waals surface area contributed by atoms with Crippen LogP contribution in [0.5, 0.6) is 0 Å². The molecular weight excluding hydrogens is 393 g/mol. The van der Waals surface area contributed by atoms with E-state index in [0.29, 0.717) is 11.3 Å². The Labute approximate surface area is 183 Å². The predicted molar refractivity (Wildman–Crippen MR) is 121 cm³/mol. The van der Waals surface area contributed by atoms with Crippen LogP contribution in [-0.4, -0.2) is 45.5 Å². The molecule has 3 N–H and O–H groups in total. The lowest BCUT2D eigenvalue weighted by Gasteiger charge is -2.35. The number of hydrogen-bond acceptors (Lipinski definition) is 5. The van der Waals surface area contributed by atoms with E-state index in [1.807, 2.05) is 0 Å². The average Bonchev–Trinajstić information content (AvgIpc) is 3.53. The Morgan fingerprint density at radius 2 is 1.94 bits per heavy atom. The van der Waals surface area contributed by atoms with Crippen LogP contribution in [-0.2, 0) is 5.41 Å². The summed E-state index contributed by atoms with van der Waals surface area (Å²) in [5.74, 6) is -0.456. The second kappa shape index (κ2) is 8.34. The van der Waals surface area contributed by atoms with Crippen molar-refractivity contribution >= 4 is 11.3 Å². The lowest BCUT2D eigenvalue weighted by molar-refractivity contribution is 0.0950. The van der Waals surface area contributed by atoms with Gasteiger partial charge in [0.1, 0.15) is 17.6 Å².